The second kappa shape index (κ2) is 8.79. The van der Waals surface area contributed by atoms with Gasteiger partial charge in [-0.1, -0.05) is 30.1 Å². The van der Waals surface area contributed by atoms with Crippen LogP contribution in [0.25, 0.3) is 0 Å². The fourth-order valence-corrected chi connectivity index (χ4v) is 1.73. The molecule has 7 heteroatoms. The summed E-state index contributed by atoms with van der Waals surface area (Å²) in [5.74, 6) is -0.610. The van der Waals surface area contributed by atoms with Gasteiger partial charge in [-0.05, 0) is 24.7 Å². The number of hydrogen-bond donors (Lipinski definition) is 3. The molecule has 3 N–H and O–H groups in total. The lowest BCUT2D eigenvalue weighted by molar-refractivity contribution is -0.120. The number of nitrogens with one attached hydrogen (secondary N) is 3. The maximum absolute atomic E-state index is 11.8. The molecule has 5 nitrogen and oxygen atoms in total. The Hall–Kier alpha value is -1.30. The number of benzene rings is 1. The molecule has 0 aliphatic rings. The van der Waals surface area contributed by atoms with Crippen molar-refractivity contribution in [2.24, 2.45) is 0 Å². The zero-order chi connectivity index (χ0) is 15.0. The Kier molecular flexibility index (Phi) is 7.36. The maximum atomic E-state index is 11.8. The van der Waals surface area contributed by atoms with Gasteiger partial charge in [0.25, 0.3) is 5.91 Å². The molecule has 0 aromatic heterocycles. The van der Waals surface area contributed by atoms with E-state index in [1.807, 2.05) is 6.92 Å². The summed E-state index contributed by atoms with van der Waals surface area (Å²) in [6.45, 7) is 3.98. The van der Waals surface area contributed by atoms with E-state index in [9.17, 15) is 9.59 Å². The van der Waals surface area contributed by atoms with E-state index in [1.54, 1.807) is 6.07 Å². The highest BCUT2D eigenvalue weighted by Gasteiger charge is 2.09. The van der Waals surface area contributed by atoms with Gasteiger partial charge in [-0.15, -0.1) is 0 Å². The summed E-state index contributed by atoms with van der Waals surface area (Å²) in [5, 5.41) is 8.95. The molecule has 0 spiro atoms. The third kappa shape index (κ3) is 5.77. The standard InChI is InChI=1S/C13H17Cl2N3O2/c1-2-16-5-6-17-12(19)8-18-13(20)9-3-4-10(14)11(15)7-9/h3-4,7,16H,2,5-6,8H2,1H3,(H,17,19)(H,18,20). The third-order valence-corrected chi connectivity index (χ3v) is 3.20. The molecule has 20 heavy (non-hydrogen) atoms. The lowest BCUT2D eigenvalue weighted by atomic mass is 10.2. The van der Waals surface area contributed by atoms with Crippen LogP contribution in [0.4, 0.5) is 0 Å². The van der Waals surface area contributed by atoms with Crippen molar-refractivity contribution in [3.63, 3.8) is 0 Å². The lowest BCUT2D eigenvalue weighted by Crippen LogP contribution is -2.39. The summed E-state index contributed by atoms with van der Waals surface area (Å²) in [5.41, 5.74) is 0.361. The first-order valence-electron chi connectivity index (χ1n) is 6.25. The molecular formula is C13H17Cl2N3O2. The highest BCUT2D eigenvalue weighted by Crippen LogP contribution is 2.22. The van der Waals surface area contributed by atoms with Gasteiger partial charge in [-0.25, -0.2) is 0 Å². The molecule has 1 aromatic carbocycles. The van der Waals surface area contributed by atoms with Crippen LogP contribution < -0.4 is 16.0 Å². The Morgan fingerprint density at radius 1 is 1.10 bits per heavy atom. The molecule has 110 valence electrons. The monoisotopic (exact) mass is 317 g/mol. The predicted octanol–water partition coefficient (Wildman–Crippen LogP) is 1.45. The number of likely N-dealkylation sites (N-methyl/N-ethyl adjacent to an activating group) is 1. The summed E-state index contributed by atoms with van der Waals surface area (Å²) < 4.78 is 0. The largest absolute Gasteiger partial charge is 0.353 e. The molecule has 0 saturated carbocycles. The van der Waals surface area contributed by atoms with Crippen molar-refractivity contribution in [3.8, 4) is 0 Å². The zero-order valence-electron chi connectivity index (χ0n) is 11.1. The molecule has 0 fully saturated rings. The number of rotatable bonds is 7. The number of amides is 2. The van der Waals surface area contributed by atoms with Gasteiger partial charge in [-0.3, -0.25) is 9.59 Å². The first-order valence-corrected chi connectivity index (χ1v) is 7.01. The number of carbonyl (C=O) groups is 2. The first kappa shape index (κ1) is 16.8. The van der Waals surface area contributed by atoms with Gasteiger partial charge in [0.05, 0.1) is 16.6 Å². The second-order valence-electron chi connectivity index (χ2n) is 4.02. The molecule has 1 aromatic rings. The fourth-order valence-electron chi connectivity index (χ4n) is 1.43. The summed E-state index contributed by atoms with van der Waals surface area (Å²) in [7, 11) is 0. The van der Waals surface area contributed by atoms with Gasteiger partial charge in [0.2, 0.25) is 5.91 Å². The van der Waals surface area contributed by atoms with Crippen molar-refractivity contribution in [3.05, 3.63) is 33.8 Å². The number of hydrogen-bond acceptors (Lipinski definition) is 3. The normalized spacial score (nSPS) is 10.2. The van der Waals surface area contributed by atoms with Crippen LogP contribution in [0.5, 0.6) is 0 Å². The van der Waals surface area contributed by atoms with Crippen LogP contribution in [-0.4, -0.2) is 38.0 Å². The SMILES string of the molecule is CCNCCNC(=O)CNC(=O)c1ccc(Cl)c(Cl)c1. The van der Waals surface area contributed by atoms with E-state index in [0.717, 1.165) is 6.54 Å². The Morgan fingerprint density at radius 3 is 2.50 bits per heavy atom. The van der Waals surface area contributed by atoms with Gasteiger partial charge in [0, 0.05) is 18.7 Å². The smallest absolute Gasteiger partial charge is 0.251 e. The molecule has 2 amide bonds. The lowest BCUT2D eigenvalue weighted by Gasteiger charge is -2.07. The van der Waals surface area contributed by atoms with Crippen molar-refractivity contribution in [2.75, 3.05) is 26.2 Å². The van der Waals surface area contributed by atoms with Crippen molar-refractivity contribution in [2.45, 2.75) is 6.92 Å². The van der Waals surface area contributed by atoms with Crippen molar-refractivity contribution in [1.29, 1.82) is 0 Å². The molecule has 0 bridgehead atoms. The van der Waals surface area contributed by atoms with Gasteiger partial charge >= 0.3 is 0 Å². The predicted molar refractivity (Wildman–Crippen MR) is 80.3 cm³/mol. The fraction of sp³-hybridized carbons (Fsp3) is 0.385. The highest BCUT2D eigenvalue weighted by molar-refractivity contribution is 6.42. The van der Waals surface area contributed by atoms with Gasteiger partial charge in [0.1, 0.15) is 0 Å². The average molecular weight is 318 g/mol. The number of carbonyl (C=O) groups excluding carboxylic acids is 2. The van der Waals surface area contributed by atoms with Crippen LogP contribution in [0.2, 0.25) is 10.0 Å². The molecular weight excluding hydrogens is 301 g/mol. The minimum Gasteiger partial charge on any atom is -0.353 e. The summed E-state index contributed by atoms with van der Waals surface area (Å²) in [4.78, 5) is 23.2. The van der Waals surface area contributed by atoms with E-state index in [1.165, 1.54) is 12.1 Å². The van der Waals surface area contributed by atoms with E-state index in [0.29, 0.717) is 28.7 Å². The summed E-state index contributed by atoms with van der Waals surface area (Å²) in [6.07, 6.45) is 0. The van der Waals surface area contributed by atoms with Gasteiger partial charge in [0.15, 0.2) is 0 Å². The minimum absolute atomic E-state index is 0.0782. The third-order valence-electron chi connectivity index (χ3n) is 2.47. The molecule has 0 aliphatic carbocycles. The van der Waals surface area contributed by atoms with Crippen LogP contribution in [0.1, 0.15) is 17.3 Å². The van der Waals surface area contributed by atoms with Crippen LogP contribution in [0, 0.1) is 0 Å². The minimum atomic E-state index is -0.370. The molecule has 1 rings (SSSR count). The van der Waals surface area contributed by atoms with Crippen LogP contribution in [0.15, 0.2) is 18.2 Å². The van der Waals surface area contributed by atoms with Crippen molar-refractivity contribution in [1.82, 2.24) is 16.0 Å². The second-order valence-corrected chi connectivity index (χ2v) is 4.83. The van der Waals surface area contributed by atoms with E-state index >= 15 is 0 Å². The van der Waals surface area contributed by atoms with E-state index in [-0.39, 0.29) is 18.4 Å². The van der Waals surface area contributed by atoms with Gasteiger partial charge < -0.3 is 16.0 Å². The van der Waals surface area contributed by atoms with E-state index < -0.39 is 0 Å². The Balaban J connectivity index is 2.35. The summed E-state index contributed by atoms with van der Waals surface area (Å²) >= 11 is 11.6. The molecule has 0 aliphatic heterocycles. The molecule has 0 unspecified atom stereocenters. The quantitative estimate of drug-likeness (QED) is 0.667. The van der Waals surface area contributed by atoms with Crippen molar-refractivity contribution >= 4 is 35.0 Å². The van der Waals surface area contributed by atoms with Crippen LogP contribution in [-0.2, 0) is 4.79 Å². The Morgan fingerprint density at radius 2 is 1.85 bits per heavy atom. The molecule has 0 atom stereocenters. The average Bonchev–Trinajstić information content (AvgIpc) is 2.44. The van der Waals surface area contributed by atoms with Crippen molar-refractivity contribution < 1.29 is 9.59 Å². The van der Waals surface area contributed by atoms with Gasteiger partial charge in [-0.2, -0.15) is 0 Å². The number of halogens is 2. The molecule has 0 radical (unpaired) electrons. The topological polar surface area (TPSA) is 70.2 Å². The zero-order valence-corrected chi connectivity index (χ0v) is 12.6. The van der Waals surface area contributed by atoms with Crippen LogP contribution >= 0.6 is 23.2 Å². The van der Waals surface area contributed by atoms with Crippen LogP contribution in [0.3, 0.4) is 0 Å². The molecule has 0 heterocycles. The Bertz CT molecular complexity index is 481. The highest BCUT2D eigenvalue weighted by atomic mass is 35.5. The Labute approximate surface area is 128 Å². The van der Waals surface area contributed by atoms with E-state index in [2.05, 4.69) is 16.0 Å². The first-order chi connectivity index (χ1) is 9.54. The maximum Gasteiger partial charge on any atom is 0.251 e. The summed E-state index contributed by atoms with van der Waals surface area (Å²) in [6, 6.07) is 4.55. The van der Waals surface area contributed by atoms with E-state index in [4.69, 9.17) is 23.2 Å². The molecule has 0 saturated heterocycles.